The van der Waals surface area contributed by atoms with Gasteiger partial charge in [-0.25, -0.2) is 0 Å². The molecule has 0 unspecified atom stereocenters. The van der Waals surface area contributed by atoms with Gasteiger partial charge in [0.05, 0.1) is 6.42 Å². The van der Waals surface area contributed by atoms with Crippen molar-refractivity contribution in [2.45, 2.75) is 12.8 Å². The molecule has 0 aliphatic heterocycles. The summed E-state index contributed by atoms with van der Waals surface area (Å²) in [4.78, 5) is 16.4. The highest BCUT2D eigenvalue weighted by Gasteiger charge is 2.10. The van der Waals surface area contributed by atoms with Gasteiger partial charge in [-0.3, -0.25) is 9.78 Å². The van der Waals surface area contributed by atoms with Crippen LogP contribution in [0, 0.1) is 0 Å². The fraction of sp³-hybridized carbons (Fsp3) is 0.222. The second-order valence-corrected chi connectivity index (χ2v) is 5.38. The van der Waals surface area contributed by atoms with Crippen molar-refractivity contribution in [3.05, 3.63) is 66.1 Å². The van der Waals surface area contributed by atoms with Crippen LogP contribution in [0.5, 0.6) is 0 Å². The van der Waals surface area contributed by atoms with Crippen LogP contribution in [0.3, 0.4) is 0 Å². The van der Waals surface area contributed by atoms with Gasteiger partial charge in [0, 0.05) is 49.0 Å². The number of rotatable bonds is 5. The number of hydrogen-bond acceptors (Lipinski definition) is 2. The van der Waals surface area contributed by atoms with E-state index in [1.165, 1.54) is 0 Å². The lowest BCUT2D eigenvalue weighted by molar-refractivity contribution is -0.120. The fourth-order valence-corrected chi connectivity index (χ4v) is 2.68. The van der Waals surface area contributed by atoms with Crippen molar-refractivity contribution >= 4 is 16.8 Å². The summed E-state index contributed by atoms with van der Waals surface area (Å²) in [5.74, 6) is 0.0484. The number of aromatic nitrogens is 2. The molecule has 2 heterocycles. The summed E-state index contributed by atoms with van der Waals surface area (Å²) < 4.78 is 2.06. The Labute approximate surface area is 129 Å². The molecule has 0 aliphatic rings. The lowest BCUT2D eigenvalue weighted by Gasteiger charge is -2.04. The first-order valence-electron chi connectivity index (χ1n) is 7.43. The predicted molar refractivity (Wildman–Crippen MR) is 87.6 cm³/mol. The molecule has 1 aromatic carbocycles. The van der Waals surface area contributed by atoms with Crippen molar-refractivity contribution in [1.82, 2.24) is 14.9 Å². The lowest BCUT2D eigenvalue weighted by Crippen LogP contribution is -2.27. The summed E-state index contributed by atoms with van der Waals surface area (Å²) in [5, 5.41) is 4.11. The van der Waals surface area contributed by atoms with E-state index in [9.17, 15) is 4.79 Å². The number of hydrogen-bond donors (Lipinski definition) is 1. The van der Waals surface area contributed by atoms with Crippen LogP contribution in [0.15, 0.2) is 54.9 Å². The number of para-hydroxylation sites is 1. The summed E-state index contributed by atoms with van der Waals surface area (Å²) in [6.45, 7) is 0.612. The van der Waals surface area contributed by atoms with E-state index in [4.69, 9.17) is 0 Å². The summed E-state index contributed by atoms with van der Waals surface area (Å²) in [7, 11) is 2.00. The maximum absolute atomic E-state index is 12.1. The topological polar surface area (TPSA) is 46.9 Å². The highest BCUT2D eigenvalue weighted by molar-refractivity contribution is 5.89. The molecule has 0 spiro atoms. The van der Waals surface area contributed by atoms with Crippen LogP contribution < -0.4 is 5.32 Å². The summed E-state index contributed by atoms with van der Waals surface area (Å²) >= 11 is 0. The van der Waals surface area contributed by atoms with Crippen LogP contribution in [-0.4, -0.2) is 22.0 Å². The van der Waals surface area contributed by atoms with Crippen molar-refractivity contribution in [3.63, 3.8) is 0 Å². The second-order valence-electron chi connectivity index (χ2n) is 5.38. The molecule has 3 rings (SSSR count). The average molecular weight is 293 g/mol. The number of fused-ring (bicyclic) bond motifs is 1. The molecule has 1 N–H and O–H groups in total. The minimum absolute atomic E-state index is 0.0484. The maximum atomic E-state index is 12.1. The van der Waals surface area contributed by atoms with Crippen molar-refractivity contribution < 1.29 is 4.79 Å². The van der Waals surface area contributed by atoms with Crippen molar-refractivity contribution in [3.8, 4) is 0 Å². The number of carbonyl (C=O) groups excluding carboxylic acids is 1. The number of nitrogens with zero attached hydrogens (tertiary/aromatic N) is 2. The first kappa shape index (κ1) is 14.3. The van der Waals surface area contributed by atoms with E-state index >= 15 is 0 Å². The maximum Gasteiger partial charge on any atom is 0.224 e. The molecule has 0 fully saturated rings. The van der Waals surface area contributed by atoms with Gasteiger partial charge in [0.2, 0.25) is 5.91 Å². The molecule has 0 saturated heterocycles. The van der Waals surface area contributed by atoms with Gasteiger partial charge in [-0.1, -0.05) is 24.3 Å². The van der Waals surface area contributed by atoms with Crippen molar-refractivity contribution in [2.24, 2.45) is 7.05 Å². The predicted octanol–water partition coefficient (Wildman–Crippen LogP) is 2.47. The van der Waals surface area contributed by atoms with Gasteiger partial charge in [-0.15, -0.1) is 0 Å². The molecule has 4 nitrogen and oxygen atoms in total. The van der Waals surface area contributed by atoms with Gasteiger partial charge in [0.1, 0.15) is 0 Å². The summed E-state index contributed by atoms with van der Waals surface area (Å²) in [6, 6.07) is 14.0. The summed E-state index contributed by atoms with van der Waals surface area (Å²) in [6.07, 6.45) is 4.96. The number of benzene rings is 1. The normalized spacial score (nSPS) is 10.8. The Bertz CT molecular complexity index is 777. The van der Waals surface area contributed by atoms with Gasteiger partial charge in [-0.2, -0.15) is 0 Å². The van der Waals surface area contributed by atoms with Crippen LogP contribution >= 0.6 is 0 Å². The zero-order chi connectivity index (χ0) is 15.4. The molecular formula is C18H19N3O. The number of pyridine rings is 1. The quantitative estimate of drug-likeness (QED) is 0.785. The molecule has 22 heavy (non-hydrogen) atoms. The zero-order valence-electron chi connectivity index (χ0n) is 12.6. The van der Waals surface area contributed by atoms with Crippen LogP contribution in [-0.2, 0) is 24.7 Å². The Morgan fingerprint density at radius 1 is 1.18 bits per heavy atom. The van der Waals surface area contributed by atoms with Crippen LogP contribution in [0.1, 0.15) is 11.3 Å². The molecule has 1 amide bonds. The monoisotopic (exact) mass is 293 g/mol. The van der Waals surface area contributed by atoms with Crippen molar-refractivity contribution in [1.29, 1.82) is 0 Å². The fourth-order valence-electron chi connectivity index (χ4n) is 2.68. The Balaban J connectivity index is 1.59. The Morgan fingerprint density at radius 3 is 2.82 bits per heavy atom. The highest BCUT2D eigenvalue weighted by atomic mass is 16.1. The number of amides is 1. The van der Waals surface area contributed by atoms with E-state index in [-0.39, 0.29) is 5.91 Å². The molecule has 0 radical (unpaired) electrons. The van der Waals surface area contributed by atoms with E-state index < -0.39 is 0 Å². The lowest BCUT2D eigenvalue weighted by atomic mass is 10.1. The molecule has 2 aromatic heterocycles. The van der Waals surface area contributed by atoms with E-state index in [2.05, 4.69) is 27.0 Å². The molecule has 0 saturated carbocycles. The molecule has 3 aromatic rings. The number of nitrogens with one attached hydrogen (secondary N) is 1. The van der Waals surface area contributed by atoms with Gasteiger partial charge in [0.25, 0.3) is 0 Å². The molecular weight excluding hydrogens is 274 g/mol. The van der Waals surface area contributed by atoms with Gasteiger partial charge in [0.15, 0.2) is 0 Å². The molecule has 0 aliphatic carbocycles. The highest BCUT2D eigenvalue weighted by Crippen LogP contribution is 2.20. The number of aryl methyl sites for hydroxylation is 1. The molecule has 4 heteroatoms. The largest absolute Gasteiger partial charge is 0.355 e. The van der Waals surface area contributed by atoms with Gasteiger partial charge in [-0.05, 0) is 23.8 Å². The third-order valence-electron chi connectivity index (χ3n) is 3.76. The van der Waals surface area contributed by atoms with Crippen LogP contribution in [0.4, 0.5) is 0 Å². The second kappa shape index (κ2) is 6.43. The zero-order valence-corrected chi connectivity index (χ0v) is 12.6. The minimum Gasteiger partial charge on any atom is -0.355 e. The average Bonchev–Trinajstić information content (AvgIpc) is 2.85. The standard InChI is InChI=1S/C18H19N3O/c1-21-13-14(16-7-2-3-8-17(16)21)12-18(22)20-11-9-15-6-4-5-10-19-15/h2-8,10,13H,9,11-12H2,1H3,(H,20,22). The molecule has 112 valence electrons. The van der Waals surface area contributed by atoms with E-state index in [1.54, 1.807) is 6.20 Å². The minimum atomic E-state index is 0.0484. The van der Waals surface area contributed by atoms with E-state index in [0.717, 1.165) is 28.6 Å². The molecule has 0 atom stereocenters. The van der Waals surface area contributed by atoms with Gasteiger partial charge < -0.3 is 9.88 Å². The Kier molecular flexibility index (Phi) is 4.19. The number of carbonyl (C=O) groups is 1. The summed E-state index contributed by atoms with van der Waals surface area (Å²) in [5.41, 5.74) is 3.21. The Morgan fingerprint density at radius 2 is 2.00 bits per heavy atom. The van der Waals surface area contributed by atoms with Crippen molar-refractivity contribution in [2.75, 3.05) is 6.54 Å². The smallest absolute Gasteiger partial charge is 0.224 e. The van der Waals surface area contributed by atoms with E-state index in [0.29, 0.717) is 13.0 Å². The third-order valence-corrected chi connectivity index (χ3v) is 3.76. The molecule has 0 bridgehead atoms. The first-order chi connectivity index (χ1) is 10.7. The van der Waals surface area contributed by atoms with Crippen LogP contribution in [0.2, 0.25) is 0 Å². The van der Waals surface area contributed by atoms with Gasteiger partial charge >= 0.3 is 0 Å². The first-order valence-corrected chi connectivity index (χ1v) is 7.43. The Hall–Kier alpha value is -2.62. The SMILES string of the molecule is Cn1cc(CC(=O)NCCc2ccccn2)c2ccccc21. The van der Waals surface area contributed by atoms with E-state index in [1.807, 2.05) is 43.6 Å². The van der Waals surface area contributed by atoms with Crippen LogP contribution in [0.25, 0.3) is 10.9 Å². The third kappa shape index (κ3) is 3.17.